The topological polar surface area (TPSA) is 20.2 Å². The predicted octanol–water partition coefficient (Wildman–Crippen LogP) is 1.78. The van der Waals surface area contributed by atoms with E-state index >= 15 is 0 Å². The fourth-order valence-corrected chi connectivity index (χ4v) is 1.13. The maximum absolute atomic E-state index is 8.68. The summed E-state index contributed by atoms with van der Waals surface area (Å²) in [5.41, 5.74) is 2.57. The van der Waals surface area contributed by atoms with Gasteiger partial charge in [-0.15, -0.1) is 0 Å². The first-order chi connectivity index (χ1) is 5.36. The van der Waals surface area contributed by atoms with Crippen LogP contribution in [0.5, 0.6) is 0 Å². The Bertz CT molecular complexity index is 218. The summed E-state index contributed by atoms with van der Waals surface area (Å²) in [6.07, 6.45) is 1.84. The Morgan fingerprint density at radius 2 is 2.00 bits per heavy atom. The highest BCUT2D eigenvalue weighted by molar-refractivity contribution is 5.23. The third-order valence-corrected chi connectivity index (χ3v) is 1.80. The largest absolute Gasteiger partial charge is 0.396 e. The number of aryl methyl sites for hydroxylation is 1. The molecule has 1 N–H and O–H groups in total. The van der Waals surface area contributed by atoms with Gasteiger partial charge in [0, 0.05) is 6.61 Å². The van der Waals surface area contributed by atoms with Gasteiger partial charge in [-0.25, -0.2) is 0 Å². The zero-order valence-corrected chi connectivity index (χ0v) is 6.88. The van der Waals surface area contributed by atoms with Crippen LogP contribution in [0.25, 0.3) is 0 Å². The van der Waals surface area contributed by atoms with Crippen LogP contribution in [-0.2, 0) is 12.8 Å². The standard InChI is InChI=1S/C10H14O/c1-2-9-4-3-5-10(8-9)6-7-11/h3-5,8,11H,2,6-7H2,1H3. The molecule has 0 radical (unpaired) electrons. The minimum atomic E-state index is 0.243. The van der Waals surface area contributed by atoms with Crippen molar-refractivity contribution in [2.24, 2.45) is 0 Å². The molecular weight excluding hydrogens is 136 g/mol. The van der Waals surface area contributed by atoms with Crippen LogP contribution in [0.2, 0.25) is 0 Å². The second-order valence-electron chi connectivity index (χ2n) is 2.65. The molecule has 1 heteroatoms. The number of benzene rings is 1. The molecule has 60 valence electrons. The molecule has 0 aromatic heterocycles. The van der Waals surface area contributed by atoms with Gasteiger partial charge in [0.1, 0.15) is 0 Å². The van der Waals surface area contributed by atoms with Crippen molar-refractivity contribution in [3.63, 3.8) is 0 Å². The Morgan fingerprint density at radius 1 is 1.27 bits per heavy atom. The van der Waals surface area contributed by atoms with Gasteiger partial charge >= 0.3 is 0 Å². The zero-order valence-electron chi connectivity index (χ0n) is 6.88. The zero-order chi connectivity index (χ0) is 8.10. The minimum absolute atomic E-state index is 0.243. The Hall–Kier alpha value is -0.820. The fourth-order valence-electron chi connectivity index (χ4n) is 1.13. The van der Waals surface area contributed by atoms with Gasteiger partial charge in [-0.05, 0) is 24.0 Å². The van der Waals surface area contributed by atoms with E-state index in [4.69, 9.17) is 5.11 Å². The molecule has 0 amide bonds. The molecule has 0 saturated heterocycles. The number of hydrogen-bond donors (Lipinski definition) is 1. The third kappa shape index (κ3) is 2.35. The molecule has 0 saturated carbocycles. The summed E-state index contributed by atoms with van der Waals surface area (Å²) in [6.45, 7) is 2.38. The molecule has 0 aliphatic rings. The van der Waals surface area contributed by atoms with Crippen molar-refractivity contribution in [2.45, 2.75) is 19.8 Å². The van der Waals surface area contributed by atoms with E-state index in [0.717, 1.165) is 12.8 Å². The van der Waals surface area contributed by atoms with Crippen molar-refractivity contribution in [1.82, 2.24) is 0 Å². The van der Waals surface area contributed by atoms with E-state index in [-0.39, 0.29) is 6.61 Å². The minimum Gasteiger partial charge on any atom is -0.396 e. The van der Waals surface area contributed by atoms with E-state index < -0.39 is 0 Å². The van der Waals surface area contributed by atoms with Crippen LogP contribution in [-0.4, -0.2) is 11.7 Å². The summed E-state index contributed by atoms with van der Waals surface area (Å²) in [5.74, 6) is 0. The van der Waals surface area contributed by atoms with Crippen molar-refractivity contribution < 1.29 is 5.11 Å². The van der Waals surface area contributed by atoms with Gasteiger partial charge in [0.05, 0.1) is 0 Å². The monoisotopic (exact) mass is 150 g/mol. The first-order valence-corrected chi connectivity index (χ1v) is 4.05. The fraction of sp³-hybridized carbons (Fsp3) is 0.400. The van der Waals surface area contributed by atoms with Crippen LogP contribution in [0, 0.1) is 0 Å². The van der Waals surface area contributed by atoms with E-state index in [0.29, 0.717) is 0 Å². The number of aliphatic hydroxyl groups excluding tert-OH is 1. The maximum Gasteiger partial charge on any atom is 0.0471 e. The van der Waals surface area contributed by atoms with Crippen LogP contribution in [0.4, 0.5) is 0 Å². The van der Waals surface area contributed by atoms with E-state index in [9.17, 15) is 0 Å². The summed E-state index contributed by atoms with van der Waals surface area (Å²) < 4.78 is 0. The van der Waals surface area contributed by atoms with Crippen molar-refractivity contribution in [2.75, 3.05) is 6.61 Å². The number of aliphatic hydroxyl groups is 1. The lowest BCUT2D eigenvalue weighted by Crippen LogP contribution is -1.91. The molecule has 0 heterocycles. The average molecular weight is 150 g/mol. The first kappa shape index (κ1) is 8.28. The van der Waals surface area contributed by atoms with Gasteiger partial charge in [-0.1, -0.05) is 31.2 Å². The Balaban J connectivity index is 2.74. The lowest BCUT2D eigenvalue weighted by molar-refractivity contribution is 0.299. The molecule has 0 spiro atoms. The summed E-state index contributed by atoms with van der Waals surface area (Å²) in [4.78, 5) is 0. The molecule has 0 fully saturated rings. The van der Waals surface area contributed by atoms with Crippen LogP contribution in [0.3, 0.4) is 0 Å². The van der Waals surface area contributed by atoms with Crippen LogP contribution in [0.15, 0.2) is 24.3 Å². The molecule has 0 atom stereocenters. The van der Waals surface area contributed by atoms with Crippen molar-refractivity contribution >= 4 is 0 Å². The quantitative estimate of drug-likeness (QED) is 0.696. The molecule has 1 aromatic carbocycles. The summed E-state index contributed by atoms with van der Waals surface area (Å²) >= 11 is 0. The van der Waals surface area contributed by atoms with Gasteiger partial charge in [0.15, 0.2) is 0 Å². The smallest absolute Gasteiger partial charge is 0.0471 e. The Morgan fingerprint density at radius 3 is 2.64 bits per heavy atom. The summed E-state index contributed by atoms with van der Waals surface area (Å²) in [5, 5.41) is 8.68. The van der Waals surface area contributed by atoms with Crippen molar-refractivity contribution in [3.8, 4) is 0 Å². The highest BCUT2D eigenvalue weighted by Gasteiger charge is 1.92. The predicted molar refractivity (Wildman–Crippen MR) is 46.6 cm³/mol. The average Bonchev–Trinajstić information content (AvgIpc) is 2.06. The maximum atomic E-state index is 8.68. The Labute approximate surface area is 67.7 Å². The molecule has 11 heavy (non-hydrogen) atoms. The molecule has 0 bridgehead atoms. The van der Waals surface area contributed by atoms with Gasteiger partial charge in [-0.3, -0.25) is 0 Å². The van der Waals surface area contributed by atoms with Crippen LogP contribution >= 0.6 is 0 Å². The first-order valence-electron chi connectivity index (χ1n) is 4.05. The third-order valence-electron chi connectivity index (χ3n) is 1.80. The molecule has 0 unspecified atom stereocenters. The number of hydrogen-bond acceptors (Lipinski definition) is 1. The van der Waals surface area contributed by atoms with Crippen LogP contribution < -0.4 is 0 Å². The lowest BCUT2D eigenvalue weighted by Gasteiger charge is -2.00. The van der Waals surface area contributed by atoms with E-state index in [1.807, 2.05) is 6.07 Å². The summed E-state index contributed by atoms with van der Waals surface area (Å²) in [6, 6.07) is 8.36. The molecule has 1 rings (SSSR count). The highest BCUT2D eigenvalue weighted by Crippen LogP contribution is 2.05. The Kier molecular flexibility index (Phi) is 3.12. The highest BCUT2D eigenvalue weighted by atomic mass is 16.2. The molecule has 1 aromatic rings. The molecule has 0 aliphatic heterocycles. The van der Waals surface area contributed by atoms with E-state index in [1.54, 1.807) is 0 Å². The van der Waals surface area contributed by atoms with Crippen molar-refractivity contribution in [3.05, 3.63) is 35.4 Å². The van der Waals surface area contributed by atoms with E-state index in [1.165, 1.54) is 11.1 Å². The second-order valence-corrected chi connectivity index (χ2v) is 2.65. The van der Waals surface area contributed by atoms with Gasteiger partial charge in [0.25, 0.3) is 0 Å². The summed E-state index contributed by atoms with van der Waals surface area (Å²) in [7, 11) is 0. The molecular formula is C10H14O. The second kappa shape index (κ2) is 4.14. The number of rotatable bonds is 3. The van der Waals surface area contributed by atoms with E-state index in [2.05, 4.69) is 25.1 Å². The normalized spacial score (nSPS) is 10.0. The van der Waals surface area contributed by atoms with Gasteiger partial charge in [0.2, 0.25) is 0 Å². The van der Waals surface area contributed by atoms with Gasteiger partial charge < -0.3 is 5.11 Å². The van der Waals surface area contributed by atoms with Gasteiger partial charge in [-0.2, -0.15) is 0 Å². The molecule has 1 nitrogen and oxygen atoms in total. The van der Waals surface area contributed by atoms with Crippen molar-refractivity contribution in [1.29, 1.82) is 0 Å². The SMILES string of the molecule is CCc1cccc(CCO)c1. The van der Waals surface area contributed by atoms with Crippen LogP contribution in [0.1, 0.15) is 18.1 Å². The lowest BCUT2D eigenvalue weighted by atomic mass is 10.1. The molecule has 0 aliphatic carbocycles.